The van der Waals surface area contributed by atoms with E-state index in [9.17, 15) is 0 Å². The van der Waals surface area contributed by atoms with Crippen molar-refractivity contribution in [1.29, 1.82) is 0 Å². The highest BCUT2D eigenvalue weighted by Crippen LogP contribution is 2.17. The molecule has 0 aromatic carbocycles. The molecule has 0 aromatic rings. The molecule has 0 aromatic heterocycles. The highest BCUT2D eigenvalue weighted by atomic mass is 14.8. The first-order chi connectivity index (χ1) is 7.93. The van der Waals surface area contributed by atoms with Gasteiger partial charge < -0.3 is 5.32 Å². The molecular weight excluding hydrogens is 194 g/mol. The number of nitrogens with one attached hydrogen (secondary N) is 1. The molecule has 0 atom stereocenters. The van der Waals surface area contributed by atoms with E-state index in [1.807, 2.05) is 0 Å². The van der Waals surface area contributed by atoms with Gasteiger partial charge in [0.25, 0.3) is 0 Å². The summed E-state index contributed by atoms with van der Waals surface area (Å²) < 4.78 is 0. The van der Waals surface area contributed by atoms with Gasteiger partial charge in [-0.15, -0.1) is 0 Å². The van der Waals surface area contributed by atoms with Gasteiger partial charge in [0.1, 0.15) is 0 Å². The number of hydrogen-bond donors (Lipinski definition) is 1. The first-order valence-electron chi connectivity index (χ1n) is 6.99. The molecule has 1 nitrogen and oxygen atoms in total. The lowest BCUT2D eigenvalue weighted by Gasteiger charge is -2.07. The lowest BCUT2D eigenvalue weighted by molar-refractivity contribution is 0.629. The number of allylic oxidation sites excluding steroid dienone is 3. The van der Waals surface area contributed by atoms with Crippen molar-refractivity contribution in [2.24, 2.45) is 0 Å². The first kappa shape index (κ1) is 13.5. The van der Waals surface area contributed by atoms with Gasteiger partial charge in [-0.05, 0) is 51.6 Å². The van der Waals surface area contributed by atoms with Crippen molar-refractivity contribution >= 4 is 0 Å². The van der Waals surface area contributed by atoms with Gasteiger partial charge in [0.05, 0.1) is 0 Å². The highest BCUT2D eigenvalue weighted by molar-refractivity contribution is 5.18. The molecule has 92 valence electrons. The topological polar surface area (TPSA) is 12.0 Å². The molecule has 0 fully saturated rings. The molecule has 0 spiro atoms. The van der Waals surface area contributed by atoms with Crippen LogP contribution in [0.25, 0.3) is 0 Å². The third kappa shape index (κ3) is 6.84. The van der Waals surface area contributed by atoms with E-state index in [-0.39, 0.29) is 0 Å². The molecule has 0 amide bonds. The normalized spacial score (nSPS) is 18.2. The SMILES string of the molecule is CCCNCC/C=C/C1=CCCCCCC1. The first-order valence-corrected chi connectivity index (χ1v) is 6.99. The van der Waals surface area contributed by atoms with Crippen molar-refractivity contribution < 1.29 is 0 Å². The van der Waals surface area contributed by atoms with Gasteiger partial charge in [0.15, 0.2) is 0 Å². The Morgan fingerprint density at radius 1 is 1.19 bits per heavy atom. The van der Waals surface area contributed by atoms with Crippen LogP contribution in [-0.2, 0) is 0 Å². The zero-order valence-electron chi connectivity index (χ0n) is 10.8. The van der Waals surface area contributed by atoms with Crippen LogP contribution in [0.1, 0.15) is 58.3 Å². The Balaban J connectivity index is 2.15. The molecule has 1 heteroatoms. The Morgan fingerprint density at radius 3 is 2.94 bits per heavy atom. The van der Waals surface area contributed by atoms with Gasteiger partial charge in [0.2, 0.25) is 0 Å². The summed E-state index contributed by atoms with van der Waals surface area (Å²) in [5.41, 5.74) is 1.56. The molecule has 1 rings (SSSR count). The van der Waals surface area contributed by atoms with E-state index in [1.54, 1.807) is 5.57 Å². The summed E-state index contributed by atoms with van der Waals surface area (Å²) in [5, 5.41) is 3.42. The summed E-state index contributed by atoms with van der Waals surface area (Å²) in [6, 6.07) is 0. The summed E-state index contributed by atoms with van der Waals surface area (Å²) in [4.78, 5) is 0. The van der Waals surface area contributed by atoms with Crippen molar-refractivity contribution in [1.82, 2.24) is 5.32 Å². The molecular formula is C15H27N. The monoisotopic (exact) mass is 221 g/mol. The minimum Gasteiger partial charge on any atom is -0.316 e. The van der Waals surface area contributed by atoms with Gasteiger partial charge in [-0.3, -0.25) is 0 Å². The quantitative estimate of drug-likeness (QED) is 0.662. The fourth-order valence-corrected chi connectivity index (χ4v) is 2.09. The predicted octanol–water partition coefficient (Wildman–Crippen LogP) is 4.21. The van der Waals surface area contributed by atoms with E-state index in [1.165, 1.54) is 44.9 Å². The Kier molecular flexibility index (Phi) is 8.15. The lowest BCUT2D eigenvalue weighted by atomic mass is 9.99. The zero-order chi connectivity index (χ0) is 11.5. The summed E-state index contributed by atoms with van der Waals surface area (Å²) in [6.45, 7) is 4.48. The molecule has 0 bridgehead atoms. The molecule has 1 aliphatic carbocycles. The molecule has 0 radical (unpaired) electrons. The van der Waals surface area contributed by atoms with Crippen LogP contribution in [0.3, 0.4) is 0 Å². The average Bonchev–Trinajstić information content (AvgIpc) is 2.25. The zero-order valence-corrected chi connectivity index (χ0v) is 10.8. The molecule has 16 heavy (non-hydrogen) atoms. The summed E-state index contributed by atoms with van der Waals surface area (Å²) in [7, 11) is 0. The molecule has 0 unspecified atom stereocenters. The van der Waals surface area contributed by atoms with Gasteiger partial charge >= 0.3 is 0 Å². The van der Waals surface area contributed by atoms with Gasteiger partial charge in [-0.1, -0.05) is 43.6 Å². The van der Waals surface area contributed by atoms with E-state index in [2.05, 4.69) is 30.5 Å². The van der Waals surface area contributed by atoms with Crippen LogP contribution in [-0.4, -0.2) is 13.1 Å². The third-order valence-corrected chi connectivity index (χ3v) is 3.07. The Morgan fingerprint density at radius 2 is 2.06 bits per heavy atom. The number of hydrogen-bond acceptors (Lipinski definition) is 1. The van der Waals surface area contributed by atoms with E-state index in [0.717, 1.165) is 19.5 Å². The molecule has 1 N–H and O–H groups in total. The Labute approximate surface area is 101 Å². The Bertz CT molecular complexity index is 215. The smallest absolute Gasteiger partial charge is 0.00142 e. The lowest BCUT2D eigenvalue weighted by Crippen LogP contribution is -2.15. The Hall–Kier alpha value is -0.560. The van der Waals surface area contributed by atoms with Crippen LogP contribution in [0.15, 0.2) is 23.8 Å². The number of rotatable bonds is 6. The standard InChI is InChI=1S/C15H27N/c1-2-13-16-14-9-8-12-15-10-6-4-3-5-7-11-15/h8,10,12,16H,2-7,9,11,13-14H2,1H3/b12-8+,15-10?. The minimum absolute atomic E-state index is 1.12. The summed E-state index contributed by atoms with van der Waals surface area (Å²) in [6.07, 6.45) is 17.7. The van der Waals surface area contributed by atoms with Crippen molar-refractivity contribution in [3.63, 3.8) is 0 Å². The predicted molar refractivity (Wildman–Crippen MR) is 72.7 cm³/mol. The molecule has 0 saturated heterocycles. The second-order valence-electron chi connectivity index (χ2n) is 4.67. The fourth-order valence-electron chi connectivity index (χ4n) is 2.09. The van der Waals surface area contributed by atoms with Crippen molar-refractivity contribution in [2.75, 3.05) is 13.1 Å². The van der Waals surface area contributed by atoms with Gasteiger partial charge in [-0.2, -0.15) is 0 Å². The summed E-state index contributed by atoms with van der Waals surface area (Å²) in [5.74, 6) is 0. The van der Waals surface area contributed by atoms with Crippen molar-refractivity contribution in [3.8, 4) is 0 Å². The van der Waals surface area contributed by atoms with E-state index in [0.29, 0.717) is 0 Å². The van der Waals surface area contributed by atoms with Crippen LogP contribution >= 0.6 is 0 Å². The van der Waals surface area contributed by atoms with Crippen LogP contribution in [0.2, 0.25) is 0 Å². The van der Waals surface area contributed by atoms with Crippen molar-refractivity contribution in [2.45, 2.75) is 58.3 Å². The van der Waals surface area contributed by atoms with E-state index in [4.69, 9.17) is 0 Å². The second-order valence-corrected chi connectivity index (χ2v) is 4.67. The molecule has 0 heterocycles. The fraction of sp³-hybridized carbons (Fsp3) is 0.733. The van der Waals surface area contributed by atoms with Gasteiger partial charge in [-0.25, -0.2) is 0 Å². The van der Waals surface area contributed by atoms with Gasteiger partial charge in [0, 0.05) is 0 Å². The average molecular weight is 221 g/mol. The second kappa shape index (κ2) is 9.65. The molecule has 0 saturated carbocycles. The van der Waals surface area contributed by atoms with Crippen LogP contribution < -0.4 is 5.32 Å². The molecule has 0 aliphatic heterocycles. The third-order valence-electron chi connectivity index (χ3n) is 3.07. The maximum absolute atomic E-state index is 3.42. The maximum atomic E-state index is 3.42. The largest absolute Gasteiger partial charge is 0.316 e. The van der Waals surface area contributed by atoms with Crippen LogP contribution in [0.5, 0.6) is 0 Å². The van der Waals surface area contributed by atoms with E-state index >= 15 is 0 Å². The van der Waals surface area contributed by atoms with Crippen molar-refractivity contribution in [3.05, 3.63) is 23.8 Å². The van der Waals surface area contributed by atoms with Crippen LogP contribution in [0.4, 0.5) is 0 Å². The summed E-state index contributed by atoms with van der Waals surface area (Å²) >= 11 is 0. The van der Waals surface area contributed by atoms with Crippen LogP contribution in [0, 0.1) is 0 Å². The maximum Gasteiger partial charge on any atom is -0.00142 e. The highest BCUT2D eigenvalue weighted by Gasteiger charge is 1.98. The molecule has 1 aliphatic rings. The van der Waals surface area contributed by atoms with E-state index < -0.39 is 0 Å². The minimum atomic E-state index is 1.12.